The maximum absolute atomic E-state index is 15.4. The Morgan fingerprint density at radius 1 is 1.09 bits per heavy atom. The number of nitrogens with zero attached hydrogens (tertiary/aromatic N) is 4. The van der Waals surface area contributed by atoms with E-state index in [1.54, 1.807) is 10.6 Å². The van der Waals surface area contributed by atoms with Crippen molar-refractivity contribution in [3.05, 3.63) is 92.9 Å². The average Bonchev–Trinajstić information content (AvgIpc) is 3.56. The molecule has 0 aliphatic carbocycles. The zero-order valence-corrected chi connectivity index (χ0v) is 22.9. The number of carboxylic acids is 1. The Morgan fingerprint density at radius 2 is 1.91 bits per heavy atom. The molecule has 2 aromatic carbocycles. The van der Waals surface area contributed by atoms with Gasteiger partial charge in [-0.25, -0.2) is 41.7 Å². The van der Waals surface area contributed by atoms with E-state index in [1.807, 2.05) is 0 Å². The first-order chi connectivity index (χ1) is 20.7. The molecular weight excluding hydrogens is 595 g/mol. The molecule has 1 saturated heterocycles. The number of hydrogen-bond donors (Lipinski definition) is 1. The molecule has 0 radical (unpaired) electrons. The van der Waals surface area contributed by atoms with Crippen LogP contribution < -0.4 is 4.74 Å². The van der Waals surface area contributed by atoms with Crippen LogP contribution in [0.15, 0.2) is 48.7 Å². The Balaban J connectivity index is 1.27. The SMILES string of the molecule is O=C(O)c1ccc2nc(Cc3cc(F)c(-c4ccc(F)c(OCc5ncc(C(F)F)s5)n4)cc3F)n(C[C@@H]3CCO3)c2c1. The summed E-state index contributed by atoms with van der Waals surface area (Å²) in [6.07, 6.45) is -1.13. The van der Waals surface area contributed by atoms with Crippen molar-refractivity contribution in [1.82, 2.24) is 19.5 Å². The quantitative estimate of drug-likeness (QED) is 0.177. The monoisotopic (exact) mass is 616 g/mol. The number of alkyl halides is 2. The number of fused-ring (bicyclic) bond motifs is 1. The molecule has 1 fully saturated rings. The first-order valence-electron chi connectivity index (χ1n) is 13.0. The van der Waals surface area contributed by atoms with Gasteiger partial charge in [-0.2, -0.15) is 0 Å². The van der Waals surface area contributed by atoms with Crippen molar-refractivity contribution in [2.24, 2.45) is 0 Å². The minimum atomic E-state index is -2.70. The predicted octanol–water partition coefficient (Wildman–Crippen LogP) is 6.57. The minimum absolute atomic E-state index is 0.0111. The number of imidazole rings is 1. The summed E-state index contributed by atoms with van der Waals surface area (Å²) in [5.41, 5.74) is 0.737. The summed E-state index contributed by atoms with van der Waals surface area (Å²) >= 11 is 0.699. The van der Waals surface area contributed by atoms with Crippen LogP contribution in [0.3, 0.4) is 0 Å². The van der Waals surface area contributed by atoms with Crippen molar-refractivity contribution in [2.45, 2.75) is 38.5 Å². The molecule has 0 saturated carbocycles. The number of ether oxygens (including phenoxy) is 2. The molecule has 4 heterocycles. The molecule has 43 heavy (non-hydrogen) atoms. The number of carbonyl (C=O) groups is 1. The Bertz CT molecular complexity index is 1840. The van der Waals surface area contributed by atoms with Gasteiger partial charge in [-0.05, 0) is 54.4 Å². The van der Waals surface area contributed by atoms with E-state index in [1.165, 1.54) is 12.1 Å². The van der Waals surface area contributed by atoms with E-state index < -0.39 is 35.7 Å². The van der Waals surface area contributed by atoms with Gasteiger partial charge in [0, 0.05) is 24.8 Å². The van der Waals surface area contributed by atoms with E-state index in [2.05, 4.69) is 15.0 Å². The molecule has 1 atom stereocenters. The van der Waals surface area contributed by atoms with Gasteiger partial charge in [0.2, 0.25) is 0 Å². The summed E-state index contributed by atoms with van der Waals surface area (Å²) in [7, 11) is 0. The van der Waals surface area contributed by atoms with Gasteiger partial charge in [0.1, 0.15) is 29.1 Å². The van der Waals surface area contributed by atoms with Crippen LogP contribution in [0.2, 0.25) is 0 Å². The zero-order chi connectivity index (χ0) is 30.2. The van der Waals surface area contributed by atoms with E-state index in [4.69, 9.17) is 9.47 Å². The van der Waals surface area contributed by atoms with Gasteiger partial charge in [-0.3, -0.25) is 0 Å². The van der Waals surface area contributed by atoms with Crippen molar-refractivity contribution in [3.63, 3.8) is 0 Å². The number of aromatic nitrogens is 4. The molecule has 0 unspecified atom stereocenters. The highest BCUT2D eigenvalue weighted by Gasteiger charge is 2.24. The molecule has 0 bridgehead atoms. The largest absolute Gasteiger partial charge is 0.478 e. The molecule has 1 N–H and O–H groups in total. The van der Waals surface area contributed by atoms with Crippen LogP contribution in [0.25, 0.3) is 22.3 Å². The van der Waals surface area contributed by atoms with E-state index in [9.17, 15) is 23.1 Å². The highest BCUT2D eigenvalue weighted by Crippen LogP contribution is 2.31. The van der Waals surface area contributed by atoms with Crippen LogP contribution in [0.5, 0.6) is 5.88 Å². The van der Waals surface area contributed by atoms with Crippen LogP contribution in [-0.4, -0.2) is 43.3 Å². The van der Waals surface area contributed by atoms with E-state index in [0.717, 1.165) is 36.9 Å². The predicted molar refractivity (Wildman–Crippen MR) is 145 cm³/mol. The van der Waals surface area contributed by atoms with E-state index in [0.29, 0.717) is 41.3 Å². The fourth-order valence-electron chi connectivity index (χ4n) is 4.66. The lowest BCUT2D eigenvalue weighted by Gasteiger charge is -2.27. The fraction of sp³-hybridized carbons (Fsp3) is 0.241. The third kappa shape index (κ3) is 5.92. The van der Waals surface area contributed by atoms with Gasteiger partial charge in [-0.1, -0.05) is 0 Å². The van der Waals surface area contributed by atoms with E-state index in [-0.39, 0.29) is 51.4 Å². The summed E-state index contributed by atoms with van der Waals surface area (Å²) in [6.45, 7) is 0.619. The average molecular weight is 617 g/mol. The number of pyridine rings is 1. The Morgan fingerprint density at radius 3 is 2.60 bits per heavy atom. The Kier molecular flexibility index (Phi) is 7.79. The van der Waals surface area contributed by atoms with Crippen LogP contribution in [-0.2, 0) is 24.3 Å². The van der Waals surface area contributed by atoms with Gasteiger partial charge in [0.15, 0.2) is 5.82 Å². The molecule has 14 heteroatoms. The smallest absolute Gasteiger partial charge is 0.335 e. The molecule has 222 valence electrons. The molecule has 1 aliphatic heterocycles. The second-order valence-electron chi connectivity index (χ2n) is 9.76. The second-order valence-corrected chi connectivity index (χ2v) is 10.9. The molecule has 6 rings (SSSR count). The van der Waals surface area contributed by atoms with Crippen molar-refractivity contribution < 1.29 is 41.3 Å². The third-order valence-electron chi connectivity index (χ3n) is 6.95. The van der Waals surface area contributed by atoms with Gasteiger partial charge in [-0.15, -0.1) is 11.3 Å². The maximum Gasteiger partial charge on any atom is 0.335 e. The lowest BCUT2D eigenvalue weighted by atomic mass is 10.0. The molecule has 0 spiro atoms. The molecule has 8 nitrogen and oxygen atoms in total. The van der Waals surface area contributed by atoms with Crippen LogP contribution in [0.4, 0.5) is 22.0 Å². The number of benzene rings is 2. The van der Waals surface area contributed by atoms with Crippen LogP contribution in [0.1, 0.15) is 44.5 Å². The first-order valence-corrected chi connectivity index (χ1v) is 13.8. The summed E-state index contributed by atoms with van der Waals surface area (Å²) in [5.74, 6) is -3.72. The van der Waals surface area contributed by atoms with Gasteiger partial charge >= 0.3 is 5.97 Å². The van der Waals surface area contributed by atoms with Crippen molar-refractivity contribution in [2.75, 3.05) is 6.61 Å². The highest BCUT2D eigenvalue weighted by atomic mass is 32.1. The standard InChI is InChI=1S/C29H21F5N4O4S/c30-18-2-4-21(37-28(18)42-13-26-35-11-24(43-26)27(33)34)17-10-19(31)15(7-20(17)32)9-25-36-22-3-1-14(29(39)40)8-23(22)38(25)12-16-5-6-41-16/h1-4,7-8,10-11,16,27H,5-6,9,12-13H2,(H,39,40)/t16-/m0/s1. The Hall–Kier alpha value is -4.43. The summed E-state index contributed by atoms with van der Waals surface area (Å²) in [5, 5.41) is 9.59. The third-order valence-corrected chi connectivity index (χ3v) is 7.93. The normalized spacial score (nSPS) is 14.8. The van der Waals surface area contributed by atoms with Crippen molar-refractivity contribution in [1.29, 1.82) is 0 Å². The number of rotatable bonds is 10. The van der Waals surface area contributed by atoms with Crippen LogP contribution in [0, 0.1) is 17.5 Å². The molecule has 3 aromatic heterocycles. The second kappa shape index (κ2) is 11.7. The van der Waals surface area contributed by atoms with Crippen LogP contribution >= 0.6 is 11.3 Å². The molecule has 5 aromatic rings. The number of hydrogen-bond acceptors (Lipinski definition) is 7. The number of aromatic carboxylic acids is 1. The Labute approximate surface area is 244 Å². The van der Waals surface area contributed by atoms with Crippen molar-refractivity contribution >= 4 is 28.3 Å². The first kappa shape index (κ1) is 28.7. The zero-order valence-electron chi connectivity index (χ0n) is 22.1. The number of halogens is 5. The lowest BCUT2D eigenvalue weighted by Crippen LogP contribution is -2.31. The summed E-state index contributed by atoms with van der Waals surface area (Å²) in [4.78, 5) is 23.6. The summed E-state index contributed by atoms with van der Waals surface area (Å²) in [6, 6.07) is 8.55. The fourth-order valence-corrected chi connectivity index (χ4v) is 5.35. The molecular formula is C29H21F5N4O4S. The lowest BCUT2D eigenvalue weighted by molar-refractivity contribution is -0.0589. The number of carboxylic acid groups (broad SMARTS) is 1. The van der Waals surface area contributed by atoms with Gasteiger partial charge in [0.05, 0.1) is 39.8 Å². The topological polar surface area (TPSA) is 99.4 Å². The van der Waals surface area contributed by atoms with E-state index >= 15 is 8.78 Å². The van der Waals surface area contributed by atoms with Crippen molar-refractivity contribution in [3.8, 4) is 17.1 Å². The minimum Gasteiger partial charge on any atom is -0.478 e. The maximum atomic E-state index is 15.4. The molecule has 1 aliphatic rings. The summed E-state index contributed by atoms with van der Waals surface area (Å²) < 4.78 is 83.4. The highest BCUT2D eigenvalue weighted by molar-refractivity contribution is 7.11. The molecule has 0 amide bonds. The van der Waals surface area contributed by atoms with Gasteiger partial charge in [0.25, 0.3) is 12.3 Å². The number of thiazole rings is 1. The van der Waals surface area contributed by atoms with Gasteiger partial charge < -0.3 is 19.1 Å².